The van der Waals surface area contributed by atoms with Crippen LogP contribution < -0.4 is 5.48 Å². The SMILES string of the molecule is CC1(C)CCC(C)(C)c2cc(-c3c[nH]c4ccc(C(=O)NO)cc34)ccc21. The molecule has 2 aromatic carbocycles. The van der Waals surface area contributed by atoms with Crippen molar-refractivity contribution in [3.63, 3.8) is 0 Å². The first-order valence-electron chi connectivity index (χ1n) is 9.44. The Morgan fingerprint density at radius 1 is 1.00 bits per heavy atom. The first-order chi connectivity index (χ1) is 12.7. The number of hydrogen-bond acceptors (Lipinski definition) is 2. The average Bonchev–Trinajstić information content (AvgIpc) is 3.08. The molecule has 1 heterocycles. The molecular formula is C23H26N2O2. The predicted octanol–water partition coefficient (Wildman–Crippen LogP) is 5.30. The van der Waals surface area contributed by atoms with Crippen LogP contribution in [-0.4, -0.2) is 16.1 Å². The Kier molecular flexibility index (Phi) is 3.93. The molecule has 0 fully saturated rings. The number of aromatic nitrogens is 1. The molecule has 1 amide bonds. The molecule has 1 aliphatic rings. The number of rotatable bonds is 2. The van der Waals surface area contributed by atoms with Crippen molar-refractivity contribution in [2.75, 3.05) is 0 Å². The van der Waals surface area contributed by atoms with Crippen LogP contribution >= 0.6 is 0 Å². The van der Waals surface area contributed by atoms with Gasteiger partial charge in [-0.3, -0.25) is 10.0 Å². The monoisotopic (exact) mass is 362 g/mol. The van der Waals surface area contributed by atoms with E-state index in [1.165, 1.54) is 24.0 Å². The highest BCUT2D eigenvalue weighted by atomic mass is 16.5. The molecule has 0 bridgehead atoms. The van der Waals surface area contributed by atoms with Crippen LogP contribution in [0.3, 0.4) is 0 Å². The lowest BCUT2D eigenvalue weighted by molar-refractivity contribution is 0.0706. The highest BCUT2D eigenvalue weighted by Gasteiger charge is 2.37. The number of aromatic amines is 1. The Labute approximate surface area is 159 Å². The largest absolute Gasteiger partial charge is 0.361 e. The van der Waals surface area contributed by atoms with E-state index in [9.17, 15) is 4.79 Å². The Bertz CT molecular complexity index is 1040. The van der Waals surface area contributed by atoms with E-state index < -0.39 is 5.91 Å². The summed E-state index contributed by atoms with van der Waals surface area (Å²) in [5.74, 6) is -0.502. The van der Waals surface area contributed by atoms with Gasteiger partial charge in [-0.15, -0.1) is 0 Å². The predicted molar refractivity (Wildman–Crippen MR) is 108 cm³/mol. The van der Waals surface area contributed by atoms with Crippen LogP contribution in [0.1, 0.15) is 62.0 Å². The molecule has 27 heavy (non-hydrogen) atoms. The molecule has 3 N–H and O–H groups in total. The number of benzene rings is 2. The fourth-order valence-electron chi connectivity index (χ4n) is 4.32. The molecule has 1 aliphatic carbocycles. The van der Waals surface area contributed by atoms with Gasteiger partial charge >= 0.3 is 0 Å². The number of hydrogen-bond donors (Lipinski definition) is 3. The van der Waals surface area contributed by atoms with Crippen molar-refractivity contribution in [2.24, 2.45) is 0 Å². The zero-order chi connectivity index (χ0) is 19.4. The molecule has 0 unspecified atom stereocenters. The lowest BCUT2D eigenvalue weighted by Crippen LogP contribution is -2.33. The zero-order valence-electron chi connectivity index (χ0n) is 16.3. The van der Waals surface area contributed by atoms with Crippen molar-refractivity contribution in [1.29, 1.82) is 0 Å². The van der Waals surface area contributed by atoms with Crippen LogP contribution in [0.2, 0.25) is 0 Å². The van der Waals surface area contributed by atoms with Gasteiger partial charge in [0.25, 0.3) is 5.91 Å². The molecule has 0 saturated heterocycles. The smallest absolute Gasteiger partial charge is 0.274 e. The van der Waals surface area contributed by atoms with Crippen molar-refractivity contribution in [1.82, 2.24) is 10.5 Å². The maximum Gasteiger partial charge on any atom is 0.274 e. The van der Waals surface area contributed by atoms with Gasteiger partial charge in [-0.05, 0) is 58.6 Å². The maximum atomic E-state index is 11.8. The summed E-state index contributed by atoms with van der Waals surface area (Å²) in [5.41, 5.74) is 8.51. The molecular weight excluding hydrogens is 336 g/mol. The molecule has 140 valence electrons. The summed E-state index contributed by atoms with van der Waals surface area (Å²) < 4.78 is 0. The molecule has 0 spiro atoms. The van der Waals surface area contributed by atoms with E-state index in [1.807, 2.05) is 18.3 Å². The summed E-state index contributed by atoms with van der Waals surface area (Å²) in [5, 5.41) is 9.90. The molecule has 0 atom stereocenters. The maximum absolute atomic E-state index is 11.8. The van der Waals surface area contributed by atoms with Gasteiger partial charge in [-0.25, -0.2) is 5.48 Å². The third kappa shape index (κ3) is 2.85. The summed E-state index contributed by atoms with van der Waals surface area (Å²) in [4.78, 5) is 15.1. The molecule has 4 heteroatoms. The van der Waals surface area contributed by atoms with Gasteiger partial charge in [-0.2, -0.15) is 0 Å². The molecule has 4 rings (SSSR count). The second-order valence-corrected chi connectivity index (χ2v) is 8.93. The number of hydroxylamine groups is 1. The number of nitrogens with one attached hydrogen (secondary N) is 2. The standard InChI is InChI=1S/C23H26N2O2/c1-22(2)9-10-23(3,4)19-12-14(5-7-18(19)22)17-13-24-20-8-6-15(11-16(17)20)21(26)25-27/h5-8,11-13,24,27H,9-10H2,1-4H3,(H,25,26). The topological polar surface area (TPSA) is 65.1 Å². The van der Waals surface area contributed by atoms with E-state index in [4.69, 9.17) is 5.21 Å². The van der Waals surface area contributed by atoms with Gasteiger partial charge in [0.1, 0.15) is 0 Å². The van der Waals surface area contributed by atoms with Crippen LogP contribution in [0.4, 0.5) is 0 Å². The summed E-state index contributed by atoms with van der Waals surface area (Å²) in [6.07, 6.45) is 4.36. The van der Waals surface area contributed by atoms with Crippen LogP contribution in [0.15, 0.2) is 42.6 Å². The molecule has 0 radical (unpaired) electrons. The van der Waals surface area contributed by atoms with Gasteiger partial charge in [0.2, 0.25) is 0 Å². The first kappa shape index (κ1) is 17.8. The lowest BCUT2D eigenvalue weighted by atomic mass is 9.63. The molecule has 4 nitrogen and oxygen atoms in total. The molecule has 0 aliphatic heterocycles. The zero-order valence-corrected chi connectivity index (χ0v) is 16.3. The number of H-pyrrole nitrogens is 1. The van der Waals surface area contributed by atoms with Crippen LogP contribution in [0.5, 0.6) is 0 Å². The van der Waals surface area contributed by atoms with E-state index >= 15 is 0 Å². The number of amides is 1. The van der Waals surface area contributed by atoms with Gasteiger partial charge in [0, 0.05) is 28.2 Å². The minimum atomic E-state index is -0.502. The minimum Gasteiger partial charge on any atom is -0.361 e. The Hall–Kier alpha value is -2.59. The van der Waals surface area contributed by atoms with Crippen molar-refractivity contribution < 1.29 is 10.0 Å². The fraction of sp³-hybridized carbons (Fsp3) is 0.348. The van der Waals surface area contributed by atoms with Crippen molar-refractivity contribution >= 4 is 16.8 Å². The van der Waals surface area contributed by atoms with Crippen molar-refractivity contribution in [3.05, 3.63) is 59.3 Å². The highest BCUT2D eigenvalue weighted by molar-refractivity contribution is 6.02. The number of carbonyl (C=O) groups is 1. The molecule has 1 aromatic heterocycles. The molecule has 0 saturated carbocycles. The summed E-state index contributed by atoms with van der Waals surface area (Å²) in [6, 6.07) is 12.2. The fourth-order valence-corrected chi connectivity index (χ4v) is 4.32. The molecule has 3 aromatic rings. The average molecular weight is 362 g/mol. The van der Waals surface area contributed by atoms with Crippen LogP contribution in [-0.2, 0) is 10.8 Å². The van der Waals surface area contributed by atoms with Crippen LogP contribution in [0, 0.1) is 0 Å². The van der Waals surface area contributed by atoms with Crippen molar-refractivity contribution in [3.8, 4) is 11.1 Å². The van der Waals surface area contributed by atoms with Gasteiger partial charge in [0.15, 0.2) is 0 Å². The Morgan fingerprint density at radius 2 is 1.70 bits per heavy atom. The van der Waals surface area contributed by atoms with Crippen molar-refractivity contribution in [2.45, 2.75) is 51.4 Å². The second kappa shape index (κ2) is 5.96. The van der Waals surface area contributed by atoms with E-state index in [-0.39, 0.29) is 10.8 Å². The highest BCUT2D eigenvalue weighted by Crippen LogP contribution is 2.47. The van der Waals surface area contributed by atoms with Crippen LogP contribution in [0.25, 0.3) is 22.0 Å². The van der Waals surface area contributed by atoms with Gasteiger partial charge < -0.3 is 4.98 Å². The quantitative estimate of drug-likeness (QED) is 0.428. The first-order valence-corrected chi connectivity index (χ1v) is 9.44. The van der Waals surface area contributed by atoms with E-state index in [2.05, 4.69) is 50.9 Å². The number of fused-ring (bicyclic) bond motifs is 2. The normalized spacial score (nSPS) is 17.5. The van der Waals surface area contributed by atoms with Gasteiger partial charge in [0.05, 0.1) is 0 Å². The Morgan fingerprint density at radius 3 is 2.41 bits per heavy atom. The second-order valence-electron chi connectivity index (χ2n) is 8.93. The summed E-state index contributed by atoms with van der Waals surface area (Å²) >= 11 is 0. The summed E-state index contributed by atoms with van der Waals surface area (Å²) in [7, 11) is 0. The van der Waals surface area contributed by atoms with E-state index in [1.54, 1.807) is 11.5 Å². The summed E-state index contributed by atoms with van der Waals surface area (Å²) in [6.45, 7) is 9.30. The lowest BCUT2D eigenvalue weighted by Gasteiger charge is -2.42. The third-order valence-electron chi connectivity index (χ3n) is 6.21. The van der Waals surface area contributed by atoms with E-state index in [0.717, 1.165) is 22.0 Å². The van der Waals surface area contributed by atoms with E-state index in [0.29, 0.717) is 5.56 Å². The minimum absolute atomic E-state index is 0.148. The third-order valence-corrected chi connectivity index (χ3v) is 6.21. The Balaban J connectivity index is 1.89. The number of carbonyl (C=O) groups excluding carboxylic acids is 1. The van der Waals surface area contributed by atoms with Gasteiger partial charge in [-0.1, -0.05) is 45.9 Å².